The van der Waals surface area contributed by atoms with Crippen molar-refractivity contribution in [3.05, 3.63) is 35.9 Å². The molecule has 0 aliphatic heterocycles. The van der Waals surface area contributed by atoms with Gasteiger partial charge in [0.2, 0.25) is 0 Å². The summed E-state index contributed by atoms with van der Waals surface area (Å²) < 4.78 is 4.85. The Morgan fingerprint density at radius 3 is 2.57 bits per heavy atom. The maximum atomic E-state index is 11.9. The molecule has 1 atom stereocenters. The number of nitrogens with zero attached hydrogens (tertiary/aromatic N) is 1. The molecule has 0 saturated heterocycles. The van der Waals surface area contributed by atoms with Gasteiger partial charge in [-0.25, -0.2) is 4.79 Å². The molecule has 114 valence electrons. The molecule has 0 saturated carbocycles. The van der Waals surface area contributed by atoms with Crippen LogP contribution < -0.4 is 5.32 Å². The number of nitriles is 1. The highest BCUT2D eigenvalue weighted by atomic mass is 16.5. The minimum absolute atomic E-state index is 0.277. The number of rotatable bonds is 8. The molecule has 4 heteroatoms. The number of ether oxygens (including phenoxy) is 1. The first-order chi connectivity index (χ1) is 10.00. The second-order valence-corrected chi connectivity index (χ2v) is 5.77. The molecule has 0 radical (unpaired) electrons. The Kier molecular flexibility index (Phi) is 6.90. The molecular weight excluding hydrogens is 264 g/mol. The van der Waals surface area contributed by atoms with Gasteiger partial charge < -0.3 is 10.1 Å². The molecule has 0 spiro atoms. The lowest BCUT2D eigenvalue weighted by Crippen LogP contribution is -2.30. The van der Waals surface area contributed by atoms with Crippen LogP contribution in [0.25, 0.3) is 0 Å². The lowest BCUT2D eigenvalue weighted by Gasteiger charge is -2.18. The monoisotopic (exact) mass is 288 g/mol. The largest absolute Gasteiger partial charge is 0.468 e. The Morgan fingerprint density at radius 1 is 1.33 bits per heavy atom. The summed E-state index contributed by atoms with van der Waals surface area (Å²) in [5.41, 5.74) is 0.628. The number of hydrogen-bond donors (Lipinski definition) is 1. The molecule has 4 nitrogen and oxygen atoms in total. The van der Waals surface area contributed by atoms with Crippen LogP contribution in [0.1, 0.15) is 44.7 Å². The van der Waals surface area contributed by atoms with E-state index in [1.54, 1.807) is 0 Å². The number of carbonyl (C=O) groups is 1. The topological polar surface area (TPSA) is 62.1 Å². The number of carbonyl (C=O) groups excluding carboxylic acids is 1. The van der Waals surface area contributed by atoms with Gasteiger partial charge in [0, 0.05) is 0 Å². The van der Waals surface area contributed by atoms with E-state index in [9.17, 15) is 4.79 Å². The van der Waals surface area contributed by atoms with E-state index in [0.717, 1.165) is 31.4 Å². The molecule has 21 heavy (non-hydrogen) atoms. The van der Waals surface area contributed by atoms with Crippen LogP contribution >= 0.6 is 0 Å². The van der Waals surface area contributed by atoms with Gasteiger partial charge in [0.15, 0.2) is 0 Å². The van der Waals surface area contributed by atoms with Gasteiger partial charge >= 0.3 is 5.97 Å². The number of methoxy groups -OCH3 is 1. The number of esters is 1. The average molecular weight is 288 g/mol. The Balaban J connectivity index is 2.46. The normalized spacial score (nSPS) is 12.5. The summed E-state index contributed by atoms with van der Waals surface area (Å²) in [6.45, 7) is 4.61. The van der Waals surface area contributed by atoms with E-state index in [2.05, 4.69) is 11.4 Å². The van der Waals surface area contributed by atoms with Crippen molar-refractivity contribution in [2.45, 2.75) is 39.2 Å². The third-order valence-corrected chi connectivity index (χ3v) is 3.45. The minimum atomic E-state index is -0.430. The summed E-state index contributed by atoms with van der Waals surface area (Å²) in [5.74, 6) is -0.279. The van der Waals surface area contributed by atoms with Crippen molar-refractivity contribution in [2.24, 2.45) is 5.41 Å². The maximum Gasteiger partial charge on any atom is 0.327 e. The van der Waals surface area contributed by atoms with Gasteiger partial charge in [-0.2, -0.15) is 5.26 Å². The van der Waals surface area contributed by atoms with Crippen LogP contribution in [0.15, 0.2) is 30.3 Å². The highest BCUT2D eigenvalue weighted by Crippen LogP contribution is 2.21. The SMILES string of the molecule is COC(=O)C(NCCCCC(C)(C)C#N)c1ccccc1. The molecule has 0 aromatic heterocycles. The van der Waals surface area contributed by atoms with Gasteiger partial charge in [-0.05, 0) is 38.8 Å². The van der Waals surface area contributed by atoms with Crippen molar-refractivity contribution in [3.8, 4) is 6.07 Å². The number of nitrogens with one attached hydrogen (secondary N) is 1. The summed E-state index contributed by atoms with van der Waals surface area (Å²) >= 11 is 0. The van der Waals surface area contributed by atoms with Crippen LogP contribution in [0.5, 0.6) is 0 Å². The van der Waals surface area contributed by atoms with E-state index >= 15 is 0 Å². The van der Waals surface area contributed by atoms with Crippen LogP contribution in [0.3, 0.4) is 0 Å². The zero-order valence-electron chi connectivity index (χ0n) is 13.1. The fraction of sp³-hybridized carbons (Fsp3) is 0.529. The van der Waals surface area contributed by atoms with E-state index < -0.39 is 6.04 Å². The van der Waals surface area contributed by atoms with E-state index in [1.807, 2.05) is 44.2 Å². The summed E-state index contributed by atoms with van der Waals surface area (Å²) in [5, 5.41) is 12.2. The van der Waals surface area contributed by atoms with Crippen molar-refractivity contribution in [1.82, 2.24) is 5.32 Å². The molecular formula is C17H24N2O2. The standard InChI is InChI=1S/C17H24N2O2/c1-17(2,13-18)11-7-8-12-19-15(16(20)21-3)14-9-5-4-6-10-14/h4-6,9-10,15,19H,7-8,11-12H2,1-3H3. The molecule has 0 fully saturated rings. The van der Waals surface area contributed by atoms with Crippen molar-refractivity contribution in [3.63, 3.8) is 0 Å². The van der Waals surface area contributed by atoms with Gasteiger partial charge in [0.1, 0.15) is 6.04 Å². The molecule has 0 heterocycles. The van der Waals surface area contributed by atoms with Gasteiger partial charge in [-0.15, -0.1) is 0 Å². The fourth-order valence-corrected chi connectivity index (χ4v) is 2.09. The van der Waals surface area contributed by atoms with Crippen molar-refractivity contribution < 1.29 is 9.53 Å². The van der Waals surface area contributed by atoms with E-state index in [4.69, 9.17) is 10.00 Å². The fourth-order valence-electron chi connectivity index (χ4n) is 2.09. The van der Waals surface area contributed by atoms with E-state index in [0.29, 0.717) is 0 Å². The molecule has 0 bridgehead atoms. The third kappa shape index (κ3) is 5.97. The number of unbranched alkanes of at least 4 members (excludes halogenated alkanes) is 1. The maximum absolute atomic E-state index is 11.9. The van der Waals surface area contributed by atoms with Crippen LogP contribution in [0, 0.1) is 16.7 Å². The third-order valence-electron chi connectivity index (χ3n) is 3.45. The average Bonchev–Trinajstić information content (AvgIpc) is 2.51. The number of benzene rings is 1. The Labute approximate surface area is 127 Å². The zero-order chi connectivity index (χ0) is 15.7. The highest BCUT2D eigenvalue weighted by molar-refractivity contribution is 5.77. The molecule has 1 aromatic carbocycles. The Hall–Kier alpha value is -1.86. The highest BCUT2D eigenvalue weighted by Gasteiger charge is 2.20. The predicted molar refractivity (Wildman–Crippen MR) is 82.4 cm³/mol. The molecule has 0 aliphatic rings. The molecule has 1 N–H and O–H groups in total. The summed E-state index contributed by atoms with van der Waals surface area (Å²) in [6, 6.07) is 11.4. The van der Waals surface area contributed by atoms with E-state index in [1.165, 1.54) is 7.11 Å². The molecule has 1 unspecified atom stereocenters. The molecule has 0 aliphatic carbocycles. The lowest BCUT2D eigenvalue weighted by molar-refractivity contribution is -0.143. The lowest BCUT2D eigenvalue weighted by atomic mass is 9.89. The molecule has 1 aromatic rings. The van der Waals surface area contributed by atoms with Crippen molar-refractivity contribution in [2.75, 3.05) is 13.7 Å². The predicted octanol–water partition coefficient (Wildman–Crippen LogP) is 3.21. The minimum Gasteiger partial charge on any atom is -0.468 e. The summed E-state index contributed by atoms with van der Waals surface area (Å²) in [6.07, 6.45) is 2.74. The van der Waals surface area contributed by atoms with Crippen LogP contribution in [-0.2, 0) is 9.53 Å². The smallest absolute Gasteiger partial charge is 0.327 e. The number of hydrogen-bond acceptors (Lipinski definition) is 4. The van der Waals surface area contributed by atoms with Crippen LogP contribution in [0.2, 0.25) is 0 Å². The van der Waals surface area contributed by atoms with Gasteiger partial charge in [-0.3, -0.25) is 0 Å². The second kappa shape index (κ2) is 8.43. The Morgan fingerprint density at radius 2 is 2.00 bits per heavy atom. The van der Waals surface area contributed by atoms with Crippen LogP contribution in [-0.4, -0.2) is 19.6 Å². The van der Waals surface area contributed by atoms with Crippen LogP contribution in [0.4, 0.5) is 0 Å². The van der Waals surface area contributed by atoms with Gasteiger partial charge in [-0.1, -0.05) is 36.8 Å². The van der Waals surface area contributed by atoms with Crippen molar-refractivity contribution >= 4 is 5.97 Å². The second-order valence-electron chi connectivity index (χ2n) is 5.77. The quantitative estimate of drug-likeness (QED) is 0.589. The van der Waals surface area contributed by atoms with Crippen molar-refractivity contribution in [1.29, 1.82) is 5.26 Å². The summed E-state index contributed by atoms with van der Waals surface area (Å²) in [4.78, 5) is 11.9. The van der Waals surface area contributed by atoms with Gasteiger partial charge in [0.25, 0.3) is 0 Å². The van der Waals surface area contributed by atoms with Gasteiger partial charge in [0.05, 0.1) is 18.6 Å². The molecule has 0 amide bonds. The first kappa shape index (κ1) is 17.2. The first-order valence-electron chi connectivity index (χ1n) is 7.27. The summed E-state index contributed by atoms with van der Waals surface area (Å²) in [7, 11) is 1.40. The van der Waals surface area contributed by atoms with E-state index in [-0.39, 0.29) is 11.4 Å². The zero-order valence-corrected chi connectivity index (χ0v) is 13.1. The Bertz CT molecular complexity index is 477. The molecule has 1 rings (SSSR count). The first-order valence-corrected chi connectivity index (χ1v) is 7.27.